The van der Waals surface area contributed by atoms with Gasteiger partial charge >= 0.3 is 0 Å². The summed E-state index contributed by atoms with van der Waals surface area (Å²) in [7, 11) is 1.65. The van der Waals surface area contributed by atoms with Gasteiger partial charge in [0.2, 0.25) is 0 Å². The minimum absolute atomic E-state index is 0.00716. The van der Waals surface area contributed by atoms with Gasteiger partial charge in [-0.2, -0.15) is 0 Å². The van der Waals surface area contributed by atoms with Crippen molar-refractivity contribution in [2.75, 3.05) is 13.7 Å². The molecule has 1 fully saturated rings. The second-order valence-electron chi connectivity index (χ2n) is 6.21. The number of hydrogen-bond acceptors (Lipinski definition) is 3. The number of hydrogen-bond donors (Lipinski definition) is 2. The third kappa shape index (κ3) is 4.05. The molecule has 4 heteroatoms. The summed E-state index contributed by atoms with van der Waals surface area (Å²) in [5.41, 5.74) is 1.22. The first-order valence-corrected chi connectivity index (χ1v) is 7.60. The van der Waals surface area contributed by atoms with Crippen LogP contribution in [-0.2, 0) is 11.3 Å². The lowest BCUT2D eigenvalue weighted by Crippen LogP contribution is -2.53. The fourth-order valence-electron chi connectivity index (χ4n) is 2.87. The van der Waals surface area contributed by atoms with E-state index in [2.05, 4.69) is 12.2 Å². The van der Waals surface area contributed by atoms with Crippen LogP contribution in [0.5, 0.6) is 0 Å². The molecule has 2 rings (SSSR count). The molecule has 0 aliphatic heterocycles. The Bertz CT molecular complexity index is 461. The van der Waals surface area contributed by atoms with Gasteiger partial charge in [0.05, 0.1) is 18.8 Å². The van der Waals surface area contributed by atoms with E-state index < -0.39 is 5.54 Å². The second-order valence-corrected chi connectivity index (χ2v) is 6.21. The predicted molar refractivity (Wildman–Crippen MR) is 82.1 cm³/mol. The number of aliphatic hydroxyl groups excluding tert-OH is 1. The Hall–Kier alpha value is -1.39. The summed E-state index contributed by atoms with van der Waals surface area (Å²) in [5, 5.41) is 12.8. The van der Waals surface area contributed by atoms with Crippen molar-refractivity contribution in [2.24, 2.45) is 5.92 Å². The van der Waals surface area contributed by atoms with Crippen LogP contribution in [0.15, 0.2) is 24.3 Å². The van der Waals surface area contributed by atoms with E-state index in [-0.39, 0.29) is 12.5 Å². The van der Waals surface area contributed by atoms with Gasteiger partial charge in [-0.25, -0.2) is 0 Å². The molecule has 0 heterocycles. The number of carbonyl (C=O) groups excluding carboxylic acids is 1. The number of benzene rings is 1. The van der Waals surface area contributed by atoms with Crippen LogP contribution in [0.1, 0.15) is 48.5 Å². The number of aliphatic hydroxyl groups is 1. The summed E-state index contributed by atoms with van der Waals surface area (Å²) in [4.78, 5) is 12.4. The molecule has 1 aliphatic rings. The number of methoxy groups -OCH3 is 1. The van der Waals surface area contributed by atoms with E-state index in [9.17, 15) is 9.90 Å². The highest BCUT2D eigenvalue weighted by Crippen LogP contribution is 2.31. The number of rotatable bonds is 5. The van der Waals surface area contributed by atoms with Crippen LogP contribution in [0, 0.1) is 5.92 Å². The first-order valence-electron chi connectivity index (χ1n) is 7.60. The molecular weight excluding hydrogens is 266 g/mol. The fourth-order valence-corrected chi connectivity index (χ4v) is 2.87. The van der Waals surface area contributed by atoms with Crippen molar-refractivity contribution < 1.29 is 14.6 Å². The van der Waals surface area contributed by atoms with E-state index in [0.29, 0.717) is 18.1 Å². The Morgan fingerprint density at radius 3 is 2.48 bits per heavy atom. The van der Waals surface area contributed by atoms with E-state index in [1.165, 1.54) is 0 Å². The van der Waals surface area contributed by atoms with Crippen molar-refractivity contribution in [3.8, 4) is 0 Å². The molecule has 0 saturated heterocycles. The van der Waals surface area contributed by atoms with E-state index in [1.54, 1.807) is 19.2 Å². The average molecular weight is 291 g/mol. The SMILES string of the molecule is COCc1ccc(C(=O)NC2(CO)CCC(C)CC2)cc1. The topological polar surface area (TPSA) is 58.6 Å². The summed E-state index contributed by atoms with van der Waals surface area (Å²) in [5.74, 6) is 0.567. The number of nitrogens with one attached hydrogen (secondary N) is 1. The average Bonchev–Trinajstić information content (AvgIpc) is 2.51. The monoisotopic (exact) mass is 291 g/mol. The van der Waals surface area contributed by atoms with Gasteiger partial charge in [-0.05, 0) is 49.3 Å². The molecule has 2 N–H and O–H groups in total. The third-order valence-corrected chi connectivity index (χ3v) is 4.44. The molecule has 1 amide bonds. The van der Waals surface area contributed by atoms with Gasteiger partial charge < -0.3 is 15.2 Å². The van der Waals surface area contributed by atoms with Crippen LogP contribution in [0.2, 0.25) is 0 Å². The number of carbonyl (C=O) groups is 1. The zero-order valence-electron chi connectivity index (χ0n) is 12.9. The fraction of sp³-hybridized carbons (Fsp3) is 0.588. The Morgan fingerprint density at radius 2 is 1.95 bits per heavy atom. The van der Waals surface area contributed by atoms with E-state index in [4.69, 9.17) is 4.74 Å². The first-order chi connectivity index (χ1) is 10.1. The molecule has 116 valence electrons. The van der Waals surface area contributed by atoms with E-state index in [0.717, 1.165) is 31.2 Å². The maximum Gasteiger partial charge on any atom is 0.251 e. The Labute approximate surface area is 126 Å². The lowest BCUT2D eigenvalue weighted by molar-refractivity contribution is 0.0717. The van der Waals surface area contributed by atoms with Crippen LogP contribution >= 0.6 is 0 Å². The molecule has 1 aromatic carbocycles. The van der Waals surface area contributed by atoms with Crippen LogP contribution in [0.3, 0.4) is 0 Å². The van der Waals surface area contributed by atoms with Crippen molar-refractivity contribution in [1.82, 2.24) is 5.32 Å². The van der Waals surface area contributed by atoms with Crippen LogP contribution in [0.4, 0.5) is 0 Å². The minimum Gasteiger partial charge on any atom is -0.394 e. The smallest absolute Gasteiger partial charge is 0.251 e. The Morgan fingerprint density at radius 1 is 1.33 bits per heavy atom. The summed E-state index contributed by atoms with van der Waals surface area (Å²) < 4.78 is 5.06. The van der Waals surface area contributed by atoms with Crippen molar-refractivity contribution in [2.45, 2.75) is 44.8 Å². The molecule has 0 unspecified atom stereocenters. The number of amides is 1. The minimum atomic E-state index is -0.450. The molecular formula is C17H25NO3. The van der Waals surface area contributed by atoms with Gasteiger partial charge in [-0.1, -0.05) is 19.1 Å². The van der Waals surface area contributed by atoms with Crippen molar-refractivity contribution in [3.63, 3.8) is 0 Å². The molecule has 1 saturated carbocycles. The lowest BCUT2D eigenvalue weighted by Gasteiger charge is -2.38. The normalized spacial score (nSPS) is 25.6. The lowest BCUT2D eigenvalue weighted by atomic mass is 9.77. The summed E-state index contributed by atoms with van der Waals surface area (Å²) >= 11 is 0. The Kier molecular flexibility index (Phi) is 5.37. The maximum absolute atomic E-state index is 12.4. The van der Waals surface area contributed by atoms with Gasteiger partial charge in [-0.15, -0.1) is 0 Å². The molecule has 21 heavy (non-hydrogen) atoms. The van der Waals surface area contributed by atoms with Crippen molar-refractivity contribution in [1.29, 1.82) is 0 Å². The zero-order chi connectivity index (χ0) is 15.3. The summed E-state index contributed by atoms with van der Waals surface area (Å²) in [6.07, 6.45) is 3.79. The van der Waals surface area contributed by atoms with E-state index in [1.807, 2.05) is 12.1 Å². The van der Waals surface area contributed by atoms with Crippen LogP contribution in [-0.4, -0.2) is 30.3 Å². The molecule has 4 nitrogen and oxygen atoms in total. The highest BCUT2D eigenvalue weighted by Gasteiger charge is 2.35. The first kappa shape index (κ1) is 16.0. The highest BCUT2D eigenvalue weighted by molar-refractivity contribution is 5.94. The van der Waals surface area contributed by atoms with Gasteiger partial charge in [-0.3, -0.25) is 4.79 Å². The van der Waals surface area contributed by atoms with Crippen molar-refractivity contribution >= 4 is 5.91 Å². The zero-order valence-corrected chi connectivity index (χ0v) is 12.9. The van der Waals surface area contributed by atoms with Gasteiger partial charge in [0.25, 0.3) is 5.91 Å². The molecule has 0 atom stereocenters. The molecule has 1 aromatic rings. The summed E-state index contributed by atoms with van der Waals surface area (Å²) in [6.45, 7) is 2.77. The molecule has 0 spiro atoms. The molecule has 0 bridgehead atoms. The van der Waals surface area contributed by atoms with Crippen LogP contribution in [0.25, 0.3) is 0 Å². The number of ether oxygens (including phenoxy) is 1. The van der Waals surface area contributed by atoms with Crippen LogP contribution < -0.4 is 5.32 Å². The largest absolute Gasteiger partial charge is 0.394 e. The summed E-state index contributed by atoms with van der Waals surface area (Å²) in [6, 6.07) is 7.40. The maximum atomic E-state index is 12.4. The quantitative estimate of drug-likeness (QED) is 0.876. The molecule has 0 aromatic heterocycles. The van der Waals surface area contributed by atoms with Crippen molar-refractivity contribution in [3.05, 3.63) is 35.4 Å². The third-order valence-electron chi connectivity index (χ3n) is 4.44. The van der Waals surface area contributed by atoms with Gasteiger partial charge in [0, 0.05) is 12.7 Å². The standard InChI is InChI=1S/C17H25NO3/c1-13-7-9-17(12-19,10-8-13)18-16(20)15-5-3-14(4-6-15)11-21-2/h3-6,13,19H,7-12H2,1-2H3,(H,18,20). The molecule has 1 aliphatic carbocycles. The van der Waals surface area contributed by atoms with Gasteiger partial charge in [0.1, 0.15) is 0 Å². The van der Waals surface area contributed by atoms with E-state index >= 15 is 0 Å². The highest BCUT2D eigenvalue weighted by atomic mass is 16.5. The Balaban J connectivity index is 2.02. The van der Waals surface area contributed by atoms with Gasteiger partial charge in [0.15, 0.2) is 0 Å². The predicted octanol–water partition coefficient (Wildman–Crippen LogP) is 2.50. The second kappa shape index (κ2) is 7.05. The molecule has 0 radical (unpaired) electrons.